The first-order valence-electron chi connectivity index (χ1n) is 6.26. The molecule has 1 heterocycles. The van der Waals surface area contributed by atoms with Crippen molar-refractivity contribution < 1.29 is 0 Å². The Morgan fingerprint density at radius 2 is 1.88 bits per heavy atom. The normalized spacial score (nSPS) is 11.2. The van der Waals surface area contributed by atoms with Crippen molar-refractivity contribution in [3.63, 3.8) is 0 Å². The van der Waals surface area contributed by atoms with Crippen LogP contribution in [0.5, 0.6) is 0 Å². The summed E-state index contributed by atoms with van der Waals surface area (Å²) in [5.41, 5.74) is 0.976. The van der Waals surface area contributed by atoms with Gasteiger partial charge in [-0.3, -0.25) is 4.98 Å². The van der Waals surface area contributed by atoms with Crippen molar-refractivity contribution in [1.29, 1.82) is 0 Å². The maximum atomic E-state index is 4.50. The minimum Gasteiger partial charge on any atom is -0.353 e. The zero-order valence-electron chi connectivity index (χ0n) is 11.6. The fraction of sp³-hybridized carbons (Fsp3) is 0.692. The maximum Gasteiger partial charge on any atom is 0.147 e. The number of nitrogens with zero attached hydrogens (tertiary/aromatic N) is 3. The summed E-state index contributed by atoms with van der Waals surface area (Å²) in [6.07, 6.45) is 3.72. The molecule has 1 aromatic heterocycles. The Labute approximate surface area is 104 Å². The first kappa shape index (κ1) is 13.9. The number of anilines is 1. The molecule has 0 unspecified atom stereocenters. The second-order valence-electron chi connectivity index (χ2n) is 5.04. The number of aromatic nitrogens is 2. The lowest BCUT2D eigenvalue weighted by Gasteiger charge is -2.29. The molecular weight excluding hydrogens is 212 g/mol. The van der Waals surface area contributed by atoms with Gasteiger partial charge < -0.3 is 10.2 Å². The molecule has 0 aliphatic rings. The molecule has 0 saturated carbocycles. The van der Waals surface area contributed by atoms with E-state index in [1.807, 2.05) is 19.4 Å². The summed E-state index contributed by atoms with van der Waals surface area (Å²) in [6, 6.07) is 0.446. The highest BCUT2D eigenvalue weighted by atomic mass is 15.2. The van der Waals surface area contributed by atoms with Crippen LogP contribution in [0, 0.1) is 5.92 Å². The summed E-state index contributed by atoms with van der Waals surface area (Å²) in [4.78, 5) is 11.2. The lowest BCUT2D eigenvalue weighted by molar-refractivity contribution is 0.565. The molecule has 0 aliphatic heterocycles. The van der Waals surface area contributed by atoms with Crippen molar-refractivity contribution >= 4 is 5.82 Å². The van der Waals surface area contributed by atoms with E-state index in [9.17, 15) is 0 Å². The summed E-state index contributed by atoms with van der Waals surface area (Å²) in [6.45, 7) is 10.6. The highest BCUT2D eigenvalue weighted by Crippen LogP contribution is 2.14. The topological polar surface area (TPSA) is 41.1 Å². The van der Waals surface area contributed by atoms with Crippen molar-refractivity contribution in [3.8, 4) is 0 Å². The molecule has 17 heavy (non-hydrogen) atoms. The van der Waals surface area contributed by atoms with Crippen LogP contribution in [0.1, 0.15) is 33.4 Å². The van der Waals surface area contributed by atoms with E-state index in [2.05, 4.69) is 47.9 Å². The minimum absolute atomic E-state index is 0.446. The Balaban J connectivity index is 2.80. The molecular formula is C13H24N4. The SMILES string of the molecule is CNCc1cnc(N(CC(C)C)C(C)C)cn1. The predicted molar refractivity (Wildman–Crippen MR) is 72.1 cm³/mol. The van der Waals surface area contributed by atoms with Crippen molar-refractivity contribution in [3.05, 3.63) is 18.1 Å². The molecule has 0 bridgehead atoms. The molecule has 0 atom stereocenters. The first-order valence-corrected chi connectivity index (χ1v) is 6.26. The van der Waals surface area contributed by atoms with Crippen LogP contribution in [0.25, 0.3) is 0 Å². The van der Waals surface area contributed by atoms with Crippen LogP contribution < -0.4 is 10.2 Å². The van der Waals surface area contributed by atoms with Gasteiger partial charge in [0.2, 0.25) is 0 Å². The van der Waals surface area contributed by atoms with E-state index >= 15 is 0 Å². The number of hydrogen-bond acceptors (Lipinski definition) is 4. The zero-order chi connectivity index (χ0) is 12.8. The molecule has 0 aromatic carbocycles. The van der Waals surface area contributed by atoms with Gasteiger partial charge in [-0.1, -0.05) is 13.8 Å². The third kappa shape index (κ3) is 4.30. The zero-order valence-corrected chi connectivity index (χ0v) is 11.6. The lowest BCUT2D eigenvalue weighted by atomic mass is 10.2. The van der Waals surface area contributed by atoms with Gasteiger partial charge in [0.25, 0.3) is 0 Å². The number of rotatable bonds is 6. The van der Waals surface area contributed by atoms with E-state index in [4.69, 9.17) is 0 Å². The minimum atomic E-state index is 0.446. The molecule has 4 heteroatoms. The highest BCUT2D eigenvalue weighted by Gasteiger charge is 2.13. The Morgan fingerprint density at radius 1 is 1.18 bits per heavy atom. The number of hydrogen-bond donors (Lipinski definition) is 1. The van der Waals surface area contributed by atoms with Gasteiger partial charge in [0.1, 0.15) is 5.82 Å². The van der Waals surface area contributed by atoms with E-state index in [-0.39, 0.29) is 0 Å². The molecule has 1 N–H and O–H groups in total. The average molecular weight is 236 g/mol. The van der Waals surface area contributed by atoms with Gasteiger partial charge >= 0.3 is 0 Å². The van der Waals surface area contributed by atoms with Crippen molar-refractivity contribution in [2.45, 2.75) is 40.3 Å². The molecule has 1 rings (SSSR count). The van der Waals surface area contributed by atoms with Gasteiger partial charge in [-0.05, 0) is 26.8 Å². The molecule has 0 amide bonds. The van der Waals surface area contributed by atoms with Crippen molar-refractivity contribution in [1.82, 2.24) is 15.3 Å². The van der Waals surface area contributed by atoms with E-state index in [1.165, 1.54) is 0 Å². The summed E-state index contributed by atoms with van der Waals surface area (Å²) in [5.74, 6) is 1.59. The monoisotopic (exact) mass is 236 g/mol. The van der Waals surface area contributed by atoms with Crippen LogP contribution in [0.3, 0.4) is 0 Å². The summed E-state index contributed by atoms with van der Waals surface area (Å²) in [7, 11) is 1.91. The fourth-order valence-electron chi connectivity index (χ4n) is 1.73. The Kier molecular flexibility index (Phi) is 5.35. The highest BCUT2D eigenvalue weighted by molar-refractivity contribution is 5.36. The fourth-order valence-corrected chi connectivity index (χ4v) is 1.73. The predicted octanol–water partition coefficient (Wildman–Crippen LogP) is 2.07. The third-order valence-electron chi connectivity index (χ3n) is 2.53. The largest absolute Gasteiger partial charge is 0.353 e. The quantitative estimate of drug-likeness (QED) is 0.821. The average Bonchev–Trinajstić information content (AvgIpc) is 2.27. The van der Waals surface area contributed by atoms with E-state index in [1.54, 1.807) is 0 Å². The Hall–Kier alpha value is -1.16. The molecule has 96 valence electrons. The van der Waals surface area contributed by atoms with Gasteiger partial charge in [-0.2, -0.15) is 0 Å². The summed E-state index contributed by atoms with van der Waals surface area (Å²) < 4.78 is 0. The maximum absolute atomic E-state index is 4.50. The number of nitrogens with one attached hydrogen (secondary N) is 1. The molecule has 1 aromatic rings. The second-order valence-corrected chi connectivity index (χ2v) is 5.04. The molecule has 0 spiro atoms. The van der Waals surface area contributed by atoms with E-state index < -0.39 is 0 Å². The summed E-state index contributed by atoms with van der Waals surface area (Å²) in [5, 5.41) is 3.07. The van der Waals surface area contributed by atoms with Gasteiger partial charge in [0.15, 0.2) is 0 Å². The second kappa shape index (κ2) is 6.55. The van der Waals surface area contributed by atoms with Gasteiger partial charge in [-0.25, -0.2) is 4.98 Å². The van der Waals surface area contributed by atoms with E-state index in [0.717, 1.165) is 24.6 Å². The third-order valence-corrected chi connectivity index (χ3v) is 2.53. The Morgan fingerprint density at radius 3 is 2.29 bits per heavy atom. The molecule has 0 fully saturated rings. The van der Waals surface area contributed by atoms with Gasteiger partial charge in [0, 0.05) is 19.1 Å². The van der Waals surface area contributed by atoms with Gasteiger partial charge in [-0.15, -0.1) is 0 Å². The molecule has 0 radical (unpaired) electrons. The Bertz CT molecular complexity index is 319. The van der Waals surface area contributed by atoms with Crippen LogP contribution in [0.2, 0.25) is 0 Å². The van der Waals surface area contributed by atoms with Crippen molar-refractivity contribution in [2.75, 3.05) is 18.5 Å². The first-order chi connectivity index (χ1) is 8.04. The van der Waals surface area contributed by atoms with Crippen LogP contribution >= 0.6 is 0 Å². The molecule has 0 aliphatic carbocycles. The molecule has 4 nitrogen and oxygen atoms in total. The van der Waals surface area contributed by atoms with Crippen LogP contribution in [0.4, 0.5) is 5.82 Å². The summed E-state index contributed by atoms with van der Waals surface area (Å²) >= 11 is 0. The van der Waals surface area contributed by atoms with Crippen LogP contribution in [-0.4, -0.2) is 29.6 Å². The smallest absolute Gasteiger partial charge is 0.147 e. The van der Waals surface area contributed by atoms with Gasteiger partial charge in [0.05, 0.1) is 18.1 Å². The van der Waals surface area contributed by atoms with E-state index in [0.29, 0.717) is 12.0 Å². The standard InChI is InChI=1S/C13H24N4/c1-10(2)9-17(11(3)4)13-8-15-12(6-14-5)7-16-13/h7-8,10-11,14H,6,9H2,1-5H3. The van der Waals surface area contributed by atoms with Crippen molar-refractivity contribution in [2.24, 2.45) is 5.92 Å². The molecule has 0 saturated heterocycles. The van der Waals surface area contributed by atoms with Crippen LogP contribution in [0.15, 0.2) is 12.4 Å². The lowest BCUT2D eigenvalue weighted by Crippen LogP contribution is -2.35. The van der Waals surface area contributed by atoms with Crippen LogP contribution in [-0.2, 0) is 6.54 Å².